The number of carbonyl (C=O) groups excluding carboxylic acids is 2. The molecule has 18 heavy (non-hydrogen) atoms. The number of hydrogen-bond acceptors (Lipinski definition) is 3. The Hall–Kier alpha value is -1.88. The maximum Gasteiger partial charge on any atom is 0.256 e. The van der Waals surface area contributed by atoms with Gasteiger partial charge in [-0.25, -0.2) is 0 Å². The number of nitrogens with one attached hydrogen (secondary N) is 1. The Labute approximate surface area is 105 Å². The molecule has 5 heteroatoms. The van der Waals surface area contributed by atoms with Crippen LogP contribution in [0.15, 0.2) is 24.3 Å². The molecule has 4 N–H and O–H groups in total. The molecule has 96 valence electrons. The molecule has 0 saturated heterocycles. The molecule has 1 aliphatic rings. The summed E-state index contributed by atoms with van der Waals surface area (Å²) in [5.74, 6) is -0.965. The summed E-state index contributed by atoms with van der Waals surface area (Å²) in [6.07, 6.45) is 2.67. The molecular weight excluding hydrogens is 232 g/mol. The van der Waals surface area contributed by atoms with Crippen molar-refractivity contribution in [3.8, 4) is 0 Å². The van der Waals surface area contributed by atoms with Crippen molar-refractivity contribution in [2.24, 2.45) is 5.73 Å². The Bertz CT molecular complexity index is 479. The molecule has 0 bridgehead atoms. The highest BCUT2D eigenvalue weighted by Crippen LogP contribution is 2.30. The number of nitrogens with two attached hydrogens (primary N) is 1. The molecule has 0 aliphatic heterocycles. The first-order valence-corrected chi connectivity index (χ1v) is 5.95. The third-order valence-corrected chi connectivity index (χ3v) is 3.26. The largest absolute Gasteiger partial charge is 0.380 e. The van der Waals surface area contributed by atoms with Crippen molar-refractivity contribution >= 4 is 17.5 Å². The Kier molecular flexibility index (Phi) is 3.34. The van der Waals surface area contributed by atoms with Crippen molar-refractivity contribution in [3.05, 3.63) is 29.8 Å². The van der Waals surface area contributed by atoms with E-state index >= 15 is 0 Å². The highest BCUT2D eigenvalue weighted by atomic mass is 16.3. The first kappa shape index (κ1) is 12.6. The number of hydrogen-bond donors (Lipinski definition) is 3. The summed E-state index contributed by atoms with van der Waals surface area (Å²) in [4.78, 5) is 23.0. The first-order valence-electron chi connectivity index (χ1n) is 5.95. The number of aliphatic hydroxyl groups is 1. The predicted octanol–water partition coefficient (Wildman–Crippen LogP) is 1.03. The van der Waals surface area contributed by atoms with Crippen LogP contribution in [0.4, 0.5) is 5.69 Å². The summed E-state index contributed by atoms with van der Waals surface area (Å²) in [6.45, 7) is 0. The van der Waals surface area contributed by atoms with Gasteiger partial charge in [-0.15, -0.1) is 0 Å². The van der Waals surface area contributed by atoms with Crippen LogP contribution in [0.3, 0.4) is 0 Å². The molecule has 1 aliphatic carbocycles. The lowest BCUT2D eigenvalue weighted by Gasteiger charge is -2.21. The number of primary amides is 1. The molecule has 0 aromatic heterocycles. The lowest BCUT2D eigenvalue weighted by Crippen LogP contribution is -2.40. The maximum atomic E-state index is 11.9. The molecule has 1 aromatic carbocycles. The predicted molar refractivity (Wildman–Crippen MR) is 67.0 cm³/mol. The van der Waals surface area contributed by atoms with E-state index in [2.05, 4.69) is 5.32 Å². The molecule has 0 atom stereocenters. The van der Waals surface area contributed by atoms with Gasteiger partial charge < -0.3 is 16.2 Å². The van der Waals surface area contributed by atoms with Gasteiger partial charge in [0.05, 0.1) is 0 Å². The quantitative estimate of drug-likeness (QED) is 0.745. The monoisotopic (exact) mass is 248 g/mol. The lowest BCUT2D eigenvalue weighted by atomic mass is 10.0. The molecular formula is C13H16N2O3. The maximum absolute atomic E-state index is 11.9. The number of benzene rings is 1. The number of amides is 2. The fraction of sp³-hybridized carbons (Fsp3) is 0.385. The fourth-order valence-electron chi connectivity index (χ4n) is 2.18. The van der Waals surface area contributed by atoms with E-state index in [-0.39, 0.29) is 0 Å². The number of rotatable bonds is 3. The van der Waals surface area contributed by atoms with E-state index in [1.165, 1.54) is 6.07 Å². The summed E-state index contributed by atoms with van der Waals surface area (Å²) in [5, 5.41) is 12.7. The minimum absolute atomic E-state index is 0.325. The van der Waals surface area contributed by atoms with Gasteiger partial charge in [-0.3, -0.25) is 9.59 Å². The molecule has 0 heterocycles. The average Bonchev–Trinajstić information content (AvgIpc) is 2.78. The lowest BCUT2D eigenvalue weighted by molar-refractivity contribution is -0.133. The van der Waals surface area contributed by atoms with Gasteiger partial charge >= 0.3 is 0 Å². The first-order chi connectivity index (χ1) is 8.51. The molecule has 0 spiro atoms. The van der Waals surface area contributed by atoms with E-state index in [4.69, 9.17) is 5.73 Å². The Morgan fingerprint density at radius 1 is 1.28 bits per heavy atom. The van der Waals surface area contributed by atoms with Crippen LogP contribution >= 0.6 is 0 Å². The van der Waals surface area contributed by atoms with Gasteiger partial charge in [0.25, 0.3) is 5.91 Å². The van der Waals surface area contributed by atoms with Crippen LogP contribution in [-0.2, 0) is 4.79 Å². The van der Waals surface area contributed by atoms with E-state index in [0.29, 0.717) is 24.1 Å². The zero-order chi connectivity index (χ0) is 13.2. The fourth-order valence-corrected chi connectivity index (χ4v) is 2.18. The van der Waals surface area contributed by atoms with Crippen LogP contribution in [0.5, 0.6) is 0 Å². The summed E-state index contributed by atoms with van der Waals surface area (Å²) in [5.41, 5.74) is 4.68. The van der Waals surface area contributed by atoms with E-state index in [0.717, 1.165) is 12.8 Å². The summed E-state index contributed by atoms with van der Waals surface area (Å²) in [7, 11) is 0. The third-order valence-electron chi connectivity index (χ3n) is 3.26. The van der Waals surface area contributed by atoms with Gasteiger partial charge in [-0.05, 0) is 43.9 Å². The van der Waals surface area contributed by atoms with E-state index in [1.54, 1.807) is 18.2 Å². The normalized spacial score (nSPS) is 17.4. The van der Waals surface area contributed by atoms with Gasteiger partial charge in [-0.1, -0.05) is 6.07 Å². The van der Waals surface area contributed by atoms with Crippen molar-refractivity contribution in [1.82, 2.24) is 0 Å². The van der Waals surface area contributed by atoms with Gasteiger partial charge in [0.15, 0.2) is 0 Å². The molecule has 1 saturated carbocycles. The van der Waals surface area contributed by atoms with Crippen LogP contribution in [0, 0.1) is 0 Å². The molecule has 2 amide bonds. The molecule has 0 radical (unpaired) electrons. The number of anilines is 1. The van der Waals surface area contributed by atoms with E-state index in [9.17, 15) is 14.7 Å². The molecule has 2 rings (SSSR count). The average molecular weight is 248 g/mol. The molecule has 0 unspecified atom stereocenters. The Morgan fingerprint density at radius 3 is 2.56 bits per heavy atom. The Balaban J connectivity index is 2.11. The summed E-state index contributed by atoms with van der Waals surface area (Å²) >= 11 is 0. The second-order valence-electron chi connectivity index (χ2n) is 4.64. The van der Waals surface area contributed by atoms with Crippen molar-refractivity contribution in [1.29, 1.82) is 0 Å². The van der Waals surface area contributed by atoms with Crippen molar-refractivity contribution < 1.29 is 14.7 Å². The number of carbonyl (C=O) groups is 2. The second-order valence-corrected chi connectivity index (χ2v) is 4.64. The van der Waals surface area contributed by atoms with Crippen LogP contribution in [0.2, 0.25) is 0 Å². The second kappa shape index (κ2) is 4.78. The van der Waals surface area contributed by atoms with Crippen LogP contribution in [0.25, 0.3) is 0 Å². The zero-order valence-corrected chi connectivity index (χ0v) is 9.98. The highest BCUT2D eigenvalue weighted by molar-refractivity contribution is 5.99. The van der Waals surface area contributed by atoms with Gasteiger partial charge in [0.1, 0.15) is 5.60 Å². The Morgan fingerprint density at radius 2 is 1.94 bits per heavy atom. The standard InChI is InChI=1S/C13H16N2O3/c14-11(16)9-4-3-5-10(8-9)15-12(17)13(18)6-1-2-7-13/h3-5,8,18H,1-2,6-7H2,(H2,14,16)(H,15,17). The van der Waals surface area contributed by atoms with E-state index in [1.807, 2.05) is 0 Å². The smallest absolute Gasteiger partial charge is 0.256 e. The van der Waals surface area contributed by atoms with Gasteiger partial charge in [-0.2, -0.15) is 0 Å². The third kappa shape index (κ3) is 2.51. The van der Waals surface area contributed by atoms with Crippen LogP contribution < -0.4 is 11.1 Å². The van der Waals surface area contributed by atoms with Gasteiger partial charge in [0.2, 0.25) is 5.91 Å². The SMILES string of the molecule is NC(=O)c1cccc(NC(=O)C2(O)CCCC2)c1. The minimum atomic E-state index is -1.28. The van der Waals surface area contributed by atoms with Crippen molar-refractivity contribution in [2.75, 3.05) is 5.32 Å². The van der Waals surface area contributed by atoms with Crippen molar-refractivity contribution in [3.63, 3.8) is 0 Å². The topological polar surface area (TPSA) is 92.4 Å². The van der Waals surface area contributed by atoms with Crippen molar-refractivity contribution in [2.45, 2.75) is 31.3 Å². The minimum Gasteiger partial charge on any atom is -0.380 e. The summed E-state index contributed by atoms with van der Waals surface area (Å²) in [6, 6.07) is 6.36. The molecule has 1 aromatic rings. The molecule has 1 fully saturated rings. The van der Waals surface area contributed by atoms with E-state index < -0.39 is 17.4 Å². The van der Waals surface area contributed by atoms with Crippen LogP contribution in [0.1, 0.15) is 36.0 Å². The van der Waals surface area contributed by atoms with Crippen LogP contribution in [-0.4, -0.2) is 22.5 Å². The highest BCUT2D eigenvalue weighted by Gasteiger charge is 2.38. The summed E-state index contributed by atoms with van der Waals surface area (Å²) < 4.78 is 0. The van der Waals surface area contributed by atoms with Gasteiger partial charge in [0, 0.05) is 11.3 Å². The molecule has 5 nitrogen and oxygen atoms in total. The zero-order valence-electron chi connectivity index (χ0n) is 9.98.